The van der Waals surface area contributed by atoms with E-state index >= 15 is 0 Å². The van der Waals surface area contributed by atoms with Gasteiger partial charge in [-0.3, -0.25) is 0 Å². The van der Waals surface area contributed by atoms with Crippen LogP contribution in [0.3, 0.4) is 0 Å². The topological polar surface area (TPSA) is 0 Å². The van der Waals surface area contributed by atoms with Gasteiger partial charge in [0.15, 0.2) is 0 Å². The van der Waals surface area contributed by atoms with Gasteiger partial charge in [0.05, 0.1) is 0 Å². The predicted molar refractivity (Wildman–Crippen MR) is 106 cm³/mol. The average Bonchev–Trinajstić information content (AvgIpc) is 3.37. The molecule has 3 fully saturated rings. The highest BCUT2D eigenvalue weighted by Gasteiger charge is 2.53. The lowest BCUT2D eigenvalue weighted by atomic mass is 9.57. The molecule has 0 heteroatoms. The highest BCUT2D eigenvalue weighted by molar-refractivity contribution is 5.01. The largest absolute Gasteiger partial charge is 0.0651 e. The second kappa shape index (κ2) is 6.96. The van der Waals surface area contributed by atoms with E-state index in [0.717, 1.165) is 71.0 Å². The lowest BCUT2D eigenvalue weighted by molar-refractivity contribution is 0.0141. The smallest absolute Gasteiger partial charge is 0.0326 e. The Morgan fingerprint density at radius 2 is 1.38 bits per heavy atom. The van der Waals surface area contributed by atoms with Crippen LogP contribution in [-0.4, -0.2) is 0 Å². The minimum Gasteiger partial charge on any atom is -0.0651 e. The molecule has 0 radical (unpaired) electrons. The molecule has 24 heavy (non-hydrogen) atoms. The standard InChI is InChI=1S/C24H44/c1-9-19-17(7)22(19)11-15(5)20-10-14(4)21(20)12-16(6)24-18(8)23(24)13(2)3/h13-24H,9-12H2,1-8H3. The van der Waals surface area contributed by atoms with Gasteiger partial charge in [0.2, 0.25) is 0 Å². The Labute approximate surface area is 152 Å². The third-order valence-electron chi connectivity index (χ3n) is 9.12. The van der Waals surface area contributed by atoms with Crippen molar-refractivity contribution in [1.29, 1.82) is 0 Å². The van der Waals surface area contributed by atoms with Crippen molar-refractivity contribution in [2.24, 2.45) is 71.0 Å². The van der Waals surface area contributed by atoms with Crippen molar-refractivity contribution in [2.75, 3.05) is 0 Å². The number of rotatable bonds is 8. The Bertz CT molecular complexity index is 424. The van der Waals surface area contributed by atoms with Gasteiger partial charge in [-0.25, -0.2) is 0 Å². The van der Waals surface area contributed by atoms with Gasteiger partial charge in [0, 0.05) is 0 Å². The molecule has 3 saturated carbocycles. The van der Waals surface area contributed by atoms with Gasteiger partial charge >= 0.3 is 0 Å². The van der Waals surface area contributed by atoms with Crippen molar-refractivity contribution >= 4 is 0 Å². The zero-order chi connectivity index (χ0) is 17.8. The van der Waals surface area contributed by atoms with Crippen LogP contribution >= 0.6 is 0 Å². The first-order chi connectivity index (χ1) is 11.3. The second-order valence-electron chi connectivity index (χ2n) is 10.8. The van der Waals surface area contributed by atoms with Crippen LogP contribution in [0.25, 0.3) is 0 Å². The van der Waals surface area contributed by atoms with Crippen molar-refractivity contribution in [2.45, 2.75) is 81.1 Å². The molecule has 0 nitrogen and oxygen atoms in total. The maximum absolute atomic E-state index is 2.59. The molecule has 0 spiro atoms. The third-order valence-corrected chi connectivity index (χ3v) is 9.12. The van der Waals surface area contributed by atoms with Crippen molar-refractivity contribution < 1.29 is 0 Å². The van der Waals surface area contributed by atoms with Gasteiger partial charge in [-0.05, 0) is 90.3 Å². The summed E-state index contributed by atoms with van der Waals surface area (Å²) in [6, 6.07) is 0. The van der Waals surface area contributed by atoms with Crippen molar-refractivity contribution in [3.8, 4) is 0 Å². The molecule has 11 unspecified atom stereocenters. The molecule has 3 aliphatic carbocycles. The van der Waals surface area contributed by atoms with E-state index in [1.165, 1.54) is 25.7 Å². The molecule has 0 aromatic carbocycles. The molecule has 140 valence electrons. The molecule has 0 heterocycles. The molecular weight excluding hydrogens is 288 g/mol. The Morgan fingerprint density at radius 1 is 0.750 bits per heavy atom. The van der Waals surface area contributed by atoms with E-state index in [2.05, 4.69) is 55.4 Å². The first-order valence-electron chi connectivity index (χ1n) is 11.3. The summed E-state index contributed by atoms with van der Waals surface area (Å²) in [5.74, 6) is 12.1. The Morgan fingerprint density at radius 3 is 1.83 bits per heavy atom. The predicted octanol–water partition coefficient (Wildman–Crippen LogP) is 7.14. The molecule has 3 aliphatic rings. The molecule has 3 rings (SSSR count). The first kappa shape index (κ1) is 18.8. The Kier molecular flexibility index (Phi) is 5.44. The normalized spacial score (nSPS) is 49.6. The van der Waals surface area contributed by atoms with Crippen molar-refractivity contribution in [1.82, 2.24) is 0 Å². The molecule has 0 bridgehead atoms. The van der Waals surface area contributed by atoms with Crippen LogP contribution in [0, 0.1) is 71.0 Å². The lowest BCUT2D eigenvalue weighted by Crippen LogP contribution is -2.40. The van der Waals surface area contributed by atoms with E-state index in [1.54, 1.807) is 0 Å². The van der Waals surface area contributed by atoms with E-state index in [4.69, 9.17) is 0 Å². The minimum atomic E-state index is 0.892. The maximum Gasteiger partial charge on any atom is -0.0326 e. The van der Waals surface area contributed by atoms with Crippen LogP contribution in [0.4, 0.5) is 0 Å². The van der Waals surface area contributed by atoms with Crippen LogP contribution in [0.5, 0.6) is 0 Å². The molecule has 0 aliphatic heterocycles. The summed E-state index contributed by atoms with van der Waals surface area (Å²) in [6.07, 6.45) is 5.97. The van der Waals surface area contributed by atoms with E-state index in [9.17, 15) is 0 Å². The quantitative estimate of drug-likeness (QED) is 0.443. The summed E-state index contributed by atoms with van der Waals surface area (Å²) < 4.78 is 0. The van der Waals surface area contributed by atoms with Crippen LogP contribution < -0.4 is 0 Å². The summed E-state index contributed by atoms with van der Waals surface area (Å²) in [4.78, 5) is 0. The van der Waals surface area contributed by atoms with Gasteiger partial charge in [-0.1, -0.05) is 61.8 Å². The fourth-order valence-electron chi connectivity index (χ4n) is 7.43. The highest BCUT2D eigenvalue weighted by atomic mass is 14.6. The zero-order valence-corrected chi connectivity index (χ0v) is 17.8. The summed E-state index contributed by atoms with van der Waals surface area (Å²) in [5.41, 5.74) is 0. The summed E-state index contributed by atoms with van der Waals surface area (Å²) >= 11 is 0. The van der Waals surface area contributed by atoms with Crippen molar-refractivity contribution in [3.63, 3.8) is 0 Å². The molecule has 0 aromatic heterocycles. The van der Waals surface area contributed by atoms with Gasteiger partial charge < -0.3 is 0 Å². The van der Waals surface area contributed by atoms with Gasteiger partial charge in [0.25, 0.3) is 0 Å². The van der Waals surface area contributed by atoms with E-state index in [0.29, 0.717) is 0 Å². The highest BCUT2D eigenvalue weighted by Crippen LogP contribution is 2.59. The average molecular weight is 333 g/mol. The molecule has 0 aromatic rings. The van der Waals surface area contributed by atoms with Gasteiger partial charge in [-0.15, -0.1) is 0 Å². The SMILES string of the molecule is CCC1C(C)C1CC(C)C1CC(C)C1CC(C)C1C(C)C1C(C)C. The summed E-state index contributed by atoms with van der Waals surface area (Å²) in [6.45, 7) is 20.0. The monoisotopic (exact) mass is 332 g/mol. The lowest BCUT2D eigenvalue weighted by Gasteiger charge is -2.48. The van der Waals surface area contributed by atoms with Crippen LogP contribution in [0.2, 0.25) is 0 Å². The maximum atomic E-state index is 2.59. The fraction of sp³-hybridized carbons (Fsp3) is 1.00. The van der Waals surface area contributed by atoms with Gasteiger partial charge in [0.1, 0.15) is 0 Å². The van der Waals surface area contributed by atoms with Crippen LogP contribution in [-0.2, 0) is 0 Å². The molecular formula is C24H44. The molecule has 0 saturated heterocycles. The third kappa shape index (κ3) is 3.33. The number of hydrogen-bond acceptors (Lipinski definition) is 0. The number of hydrogen-bond donors (Lipinski definition) is 0. The first-order valence-corrected chi connectivity index (χ1v) is 11.3. The summed E-state index contributed by atoms with van der Waals surface area (Å²) in [7, 11) is 0. The molecule has 0 N–H and O–H groups in total. The summed E-state index contributed by atoms with van der Waals surface area (Å²) in [5, 5.41) is 0. The molecule has 11 atom stereocenters. The van der Waals surface area contributed by atoms with Crippen LogP contribution in [0.1, 0.15) is 81.1 Å². The van der Waals surface area contributed by atoms with Crippen molar-refractivity contribution in [3.05, 3.63) is 0 Å². The Hall–Kier alpha value is 0. The molecule has 0 amide bonds. The zero-order valence-electron chi connectivity index (χ0n) is 17.8. The second-order valence-corrected chi connectivity index (χ2v) is 10.8. The van der Waals surface area contributed by atoms with Crippen LogP contribution in [0.15, 0.2) is 0 Å². The van der Waals surface area contributed by atoms with Gasteiger partial charge in [-0.2, -0.15) is 0 Å². The van der Waals surface area contributed by atoms with E-state index in [1.807, 2.05) is 0 Å². The van der Waals surface area contributed by atoms with E-state index in [-0.39, 0.29) is 0 Å². The minimum absolute atomic E-state index is 0.892. The fourth-order valence-corrected chi connectivity index (χ4v) is 7.43. The Balaban J connectivity index is 1.50. The van der Waals surface area contributed by atoms with E-state index < -0.39 is 0 Å².